The van der Waals surface area contributed by atoms with E-state index >= 15 is 0 Å². The number of hydrogen-bond donors (Lipinski definition) is 1. The predicted octanol–water partition coefficient (Wildman–Crippen LogP) is 1.80. The number of hydrogen-bond acceptors (Lipinski definition) is 2. The minimum absolute atomic E-state index is 0.377. The quantitative estimate of drug-likeness (QED) is 0.774. The first kappa shape index (κ1) is 9.46. The van der Waals surface area contributed by atoms with E-state index in [0.29, 0.717) is 6.04 Å². The molecule has 76 valence electrons. The van der Waals surface area contributed by atoms with Crippen LogP contribution in [0.3, 0.4) is 0 Å². The molecule has 2 rings (SSSR count). The standard InChI is InChI=1S/C11H17N3/c1-2-14-8-10(7-13-14)5-9-3-4-11(12)6-9/h5,7-8,11H,2-4,6,12H2,1H3. The molecule has 0 radical (unpaired) electrons. The first-order valence-electron chi connectivity index (χ1n) is 5.25. The first-order valence-corrected chi connectivity index (χ1v) is 5.25. The van der Waals surface area contributed by atoms with Gasteiger partial charge in [-0.05, 0) is 26.2 Å². The van der Waals surface area contributed by atoms with Crippen molar-refractivity contribution in [2.24, 2.45) is 5.73 Å². The molecule has 14 heavy (non-hydrogen) atoms. The van der Waals surface area contributed by atoms with Gasteiger partial charge in [-0.25, -0.2) is 0 Å². The van der Waals surface area contributed by atoms with Gasteiger partial charge in [0.15, 0.2) is 0 Å². The Morgan fingerprint density at radius 1 is 1.71 bits per heavy atom. The molecular formula is C11H17N3. The highest BCUT2D eigenvalue weighted by atomic mass is 15.3. The van der Waals surface area contributed by atoms with Gasteiger partial charge in [-0.15, -0.1) is 0 Å². The fraction of sp³-hybridized carbons (Fsp3) is 0.545. The van der Waals surface area contributed by atoms with Gasteiger partial charge in [0.2, 0.25) is 0 Å². The Bertz CT molecular complexity index is 338. The highest BCUT2D eigenvalue weighted by Gasteiger charge is 2.14. The lowest BCUT2D eigenvalue weighted by molar-refractivity contribution is 0.660. The number of nitrogens with two attached hydrogens (primary N) is 1. The minimum Gasteiger partial charge on any atom is -0.327 e. The molecule has 1 heterocycles. The highest BCUT2D eigenvalue weighted by molar-refractivity contribution is 5.51. The van der Waals surface area contributed by atoms with Crippen molar-refractivity contribution in [2.75, 3.05) is 0 Å². The van der Waals surface area contributed by atoms with E-state index in [1.807, 2.05) is 10.9 Å². The van der Waals surface area contributed by atoms with Crippen LogP contribution in [-0.2, 0) is 6.54 Å². The van der Waals surface area contributed by atoms with Gasteiger partial charge in [0.1, 0.15) is 0 Å². The Hall–Kier alpha value is -1.09. The van der Waals surface area contributed by atoms with Crippen molar-refractivity contribution in [3.05, 3.63) is 23.5 Å². The van der Waals surface area contributed by atoms with Crippen LogP contribution in [-0.4, -0.2) is 15.8 Å². The molecule has 0 aromatic carbocycles. The van der Waals surface area contributed by atoms with Crippen LogP contribution in [0.4, 0.5) is 0 Å². The molecule has 1 aromatic rings. The van der Waals surface area contributed by atoms with E-state index in [1.165, 1.54) is 11.1 Å². The zero-order valence-electron chi connectivity index (χ0n) is 8.61. The summed E-state index contributed by atoms with van der Waals surface area (Å²) < 4.78 is 1.95. The molecule has 0 saturated heterocycles. The Morgan fingerprint density at radius 3 is 3.14 bits per heavy atom. The second kappa shape index (κ2) is 3.96. The van der Waals surface area contributed by atoms with Crippen molar-refractivity contribution < 1.29 is 0 Å². The molecule has 1 saturated carbocycles. The summed E-state index contributed by atoms with van der Waals surface area (Å²) in [6, 6.07) is 0.377. The van der Waals surface area contributed by atoms with E-state index in [2.05, 4.69) is 24.3 Å². The van der Waals surface area contributed by atoms with Gasteiger partial charge in [0, 0.05) is 24.3 Å². The smallest absolute Gasteiger partial charge is 0.0562 e. The third kappa shape index (κ3) is 2.04. The molecule has 3 nitrogen and oxygen atoms in total. The van der Waals surface area contributed by atoms with E-state index in [1.54, 1.807) is 0 Å². The number of nitrogens with zero attached hydrogens (tertiary/aromatic N) is 2. The summed E-state index contributed by atoms with van der Waals surface area (Å²) in [6.07, 6.45) is 9.56. The summed E-state index contributed by atoms with van der Waals surface area (Å²) in [7, 11) is 0. The maximum Gasteiger partial charge on any atom is 0.0562 e. The number of aromatic nitrogens is 2. The molecule has 2 N–H and O–H groups in total. The van der Waals surface area contributed by atoms with Crippen LogP contribution in [0.15, 0.2) is 18.0 Å². The van der Waals surface area contributed by atoms with E-state index < -0.39 is 0 Å². The van der Waals surface area contributed by atoms with Gasteiger partial charge < -0.3 is 5.73 Å². The molecule has 0 spiro atoms. The topological polar surface area (TPSA) is 43.8 Å². The van der Waals surface area contributed by atoms with Crippen molar-refractivity contribution in [1.29, 1.82) is 0 Å². The third-order valence-corrected chi connectivity index (χ3v) is 2.71. The number of rotatable bonds is 2. The maximum absolute atomic E-state index is 5.85. The highest BCUT2D eigenvalue weighted by Crippen LogP contribution is 2.25. The van der Waals surface area contributed by atoms with Gasteiger partial charge in [0.25, 0.3) is 0 Å². The molecule has 3 heteroatoms. The summed E-state index contributed by atoms with van der Waals surface area (Å²) in [4.78, 5) is 0. The molecule has 1 unspecified atom stereocenters. The minimum atomic E-state index is 0.377. The van der Waals surface area contributed by atoms with Crippen LogP contribution >= 0.6 is 0 Å². The summed E-state index contributed by atoms with van der Waals surface area (Å²) in [5.74, 6) is 0. The molecular weight excluding hydrogens is 174 g/mol. The fourth-order valence-corrected chi connectivity index (χ4v) is 1.91. The third-order valence-electron chi connectivity index (χ3n) is 2.71. The van der Waals surface area contributed by atoms with E-state index in [9.17, 15) is 0 Å². The monoisotopic (exact) mass is 191 g/mol. The average molecular weight is 191 g/mol. The van der Waals surface area contributed by atoms with Gasteiger partial charge in [-0.1, -0.05) is 11.6 Å². The SMILES string of the molecule is CCn1cc(C=C2CCC(N)C2)cn1. The van der Waals surface area contributed by atoms with Gasteiger partial charge >= 0.3 is 0 Å². The molecule has 1 atom stereocenters. The second-order valence-electron chi connectivity index (χ2n) is 3.93. The van der Waals surface area contributed by atoms with Gasteiger partial charge in [-0.2, -0.15) is 5.10 Å². The summed E-state index contributed by atoms with van der Waals surface area (Å²) >= 11 is 0. The molecule has 0 amide bonds. The molecule has 1 aromatic heterocycles. The van der Waals surface area contributed by atoms with E-state index in [0.717, 1.165) is 25.8 Å². The zero-order valence-corrected chi connectivity index (χ0v) is 8.61. The zero-order chi connectivity index (χ0) is 9.97. The average Bonchev–Trinajstić information content (AvgIpc) is 2.76. The van der Waals surface area contributed by atoms with E-state index in [-0.39, 0.29) is 0 Å². The Morgan fingerprint density at radius 2 is 2.57 bits per heavy atom. The Labute approximate surface area is 84.6 Å². The molecule has 0 bridgehead atoms. The van der Waals surface area contributed by atoms with Crippen molar-refractivity contribution in [3.8, 4) is 0 Å². The van der Waals surface area contributed by atoms with Gasteiger partial charge in [-0.3, -0.25) is 4.68 Å². The number of aryl methyl sites for hydroxylation is 1. The normalized spacial score (nSPS) is 24.7. The van der Waals surface area contributed by atoms with Crippen LogP contribution in [0, 0.1) is 0 Å². The van der Waals surface area contributed by atoms with Crippen molar-refractivity contribution in [3.63, 3.8) is 0 Å². The predicted molar refractivity (Wildman–Crippen MR) is 57.7 cm³/mol. The molecule has 1 fully saturated rings. The summed E-state index contributed by atoms with van der Waals surface area (Å²) in [5, 5.41) is 4.24. The summed E-state index contributed by atoms with van der Waals surface area (Å²) in [6.45, 7) is 3.03. The van der Waals surface area contributed by atoms with Crippen LogP contribution < -0.4 is 5.73 Å². The van der Waals surface area contributed by atoms with Crippen LogP contribution in [0.2, 0.25) is 0 Å². The Balaban J connectivity index is 2.09. The molecule has 1 aliphatic carbocycles. The Kier molecular flexibility index (Phi) is 2.68. The second-order valence-corrected chi connectivity index (χ2v) is 3.93. The van der Waals surface area contributed by atoms with E-state index in [4.69, 9.17) is 5.73 Å². The van der Waals surface area contributed by atoms with Crippen molar-refractivity contribution in [2.45, 2.75) is 38.8 Å². The van der Waals surface area contributed by atoms with Crippen LogP contribution in [0.25, 0.3) is 6.08 Å². The lowest BCUT2D eigenvalue weighted by atomic mass is 10.1. The molecule has 0 aliphatic heterocycles. The largest absolute Gasteiger partial charge is 0.327 e. The lowest BCUT2D eigenvalue weighted by Gasteiger charge is -1.96. The molecule has 1 aliphatic rings. The first-order chi connectivity index (χ1) is 6.78. The van der Waals surface area contributed by atoms with Crippen molar-refractivity contribution >= 4 is 6.08 Å². The maximum atomic E-state index is 5.85. The van der Waals surface area contributed by atoms with Crippen molar-refractivity contribution in [1.82, 2.24) is 9.78 Å². The summed E-state index contributed by atoms with van der Waals surface area (Å²) in [5.41, 5.74) is 8.52. The van der Waals surface area contributed by atoms with Crippen LogP contribution in [0.5, 0.6) is 0 Å². The lowest BCUT2D eigenvalue weighted by Crippen LogP contribution is -2.13. The van der Waals surface area contributed by atoms with Gasteiger partial charge in [0.05, 0.1) is 6.20 Å². The van der Waals surface area contributed by atoms with Crippen LogP contribution in [0.1, 0.15) is 31.7 Å². The fourth-order valence-electron chi connectivity index (χ4n) is 1.91.